The SMILES string of the molecule is CCCCCCCCCCC(=O)C(OP(=O)(O)OCC(O)CO)(C(=O)CCCCCCCCCC)C(C(=O)CCCCCCCCCC)(C(=O)CCCCCCCCCC)[N+](C)(C)C. The van der Waals surface area contributed by atoms with Gasteiger partial charge in [0.15, 0.2) is 11.6 Å². The molecule has 0 aliphatic heterocycles. The minimum absolute atomic E-state index is 0.116. The van der Waals surface area contributed by atoms with Crippen LogP contribution in [0.5, 0.6) is 0 Å². The number of Topliss-reactive ketones (excluding diaryl/α,β-unsaturated/α-hetero) is 4. The Morgan fingerprint density at radius 3 is 0.969 bits per heavy atom. The molecule has 0 aromatic carbocycles. The minimum Gasteiger partial charge on any atom is -0.394 e. The van der Waals surface area contributed by atoms with Gasteiger partial charge in [-0.1, -0.05) is 207 Å². The molecule has 0 aromatic rings. The van der Waals surface area contributed by atoms with Crippen molar-refractivity contribution in [2.45, 2.75) is 276 Å². The van der Waals surface area contributed by atoms with E-state index in [4.69, 9.17) is 9.05 Å². The number of ketones is 4. The maximum absolute atomic E-state index is 15.5. The first-order chi connectivity index (χ1) is 30.6. The monoisotopic (exact) mass is 931 g/mol. The quantitative estimate of drug-likeness (QED) is 0.0231. The molecule has 0 rings (SSSR count). The number of carbonyl (C=O) groups excluding carboxylic acids is 4. The molecule has 0 saturated carbocycles. The van der Waals surface area contributed by atoms with Crippen molar-refractivity contribution in [3.8, 4) is 0 Å². The van der Waals surface area contributed by atoms with E-state index in [2.05, 4.69) is 27.7 Å². The maximum Gasteiger partial charge on any atom is 0.473 e. The average Bonchev–Trinajstić information content (AvgIpc) is 3.25. The number of phosphoric acid groups is 1. The maximum atomic E-state index is 15.5. The van der Waals surface area contributed by atoms with E-state index >= 15 is 19.2 Å². The van der Waals surface area contributed by atoms with Gasteiger partial charge < -0.3 is 19.6 Å². The van der Waals surface area contributed by atoms with Crippen molar-refractivity contribution in [2.75, 3.05) is 34.4 Å². The fourth-order valence-corrected chi connectivity index (χ4v) is 10.4. The van der Waals surface area contributed by atoms with Gasteiger partial charge in [-0.3, -0.25) is 28.2 Å². The molecule has 0 saturated heterocycles. The summed E-state index contributed by atoms with van der Waals surface area (Å²) in [4.78, 5) is 73.5. The van der Waals surface area contributed by atoms with Crippen molar-refractivity contribution in [3.63, 3.8) is 0 Å². The van der Waals surface area contributed by atoms with Crippen LogP contribution >= 0.6 is 7.82 Å². The first-order valence-corrected chi connectivity index (χ1v) is 28.0. The molecule has 0 aliphatic carbocycles. The van der Waals surface area contributed by atoms with Gasteiger partial charge in [0.25, 0.3) is 11.1 Å². The highest BCUT2D eigenvalue weighted by atomic mass is 31.2. The fraction of sp³-hybridized carbons (Fsp3) is 0.923. The third kappa shape index (κ3) is 24.1. The summed E-state index contributed by atoms with van der Waals surface area (Å²) in [6.07, 6.45) is 27.6. The Hall–Kier alpha value is -1.33. The molecular formula is C52H101NO10P+. The number of aliphatic hydroxyl groups is 2. The van der Waals surface area contributed by atoms with Crippen molar-refractivity contribution in [1.29, 1.82) is 0 Å². The number of carbonyl (C=O) groups is 4. The number of rotatable bonds is 48. The second kappa shape index (κ2) is 37.6. The van der Waals surface area contributed by atoms with Gasteiger partial charge in [0.05, 0.1) is 34.4 Å². The van der Waals surface area contributed by atoms with E-state index in [-0.39, 0.29) is 25.7 Å². The Morgan fingerprint density at radius 2 is 0.719 bits per heavy atom. The second-order valence-corrected chi connectivity index (χ2v) is 21.1. The zero-order valence-electron chi connectivity index (χ0n) is 42.5. The molecule has 0 heterocycles. The molecule has 378 valence electrons. The van der Waals surface area contributed by atoms with E-state index < -0.39 is 65.9 Å². The van der Waals surface area contributed by atoms with Crippen molar-refractivity contribution in [2.24, 2.45) is 0 Å². The highest BCUT2D eigenvalue weighted by molar-refractivity contribution is 7.47. The lowest BCUT2D eigenvalue weighted by molar-refractivity contribution is -0.907. The van der Waals surface area contributed by atoms with Crippen LogP contribution in [0, 0.1) is 0 Å². The molecule has 0 aliphatic rings. The van der Waals surface area contributed by atoms with Gasteiger partial charge in [-0.05, 0) is 25.7 Å². The highest BCUT2D eigenvalue weighted by Crippen LogP contribution is 2.54. The predicted molar refractivity (Wildman–Crippen MR) is 262 cm³/mol. The Labute approximate surface area is 392 Å². The van der Waals surface area contributed by atoms with Gasteiger partial charge in [0.1, 0.15) is 6.10 Å². The second-order valence-electron chi connectivity index (χ2n) is 19.7. The van der Waals surface area contributed by atoms with Crippen LogP contribution in [0.3, 0.4) is 0 Å². The number of phosphoric ester groups is 1. The van der Waals surface area contributed by atoms with Crippen LogP contribution in [0.1, 0.15) is 259 Å². The molecule has 11 nitrogen and oxygen atoms in total. The molecule has 0 bridgehead atoms. The Bertz CT molecular complexity index is 1200. The van der Waals surface area contributed by atoms with Crippen LogP contribution in [0.2, 0.25) is 0 Å². The van der Waals surface area contributed by atoms with Crippen LogP contribution in [0.4, 0.5) is 0 Å². The zero-order chi connectivity index (χ0) is 48.2. The first-order valence-electron chi connectivity index (χ1n) is 26.5. The summed E-state index contributed by atoms with van der Waals surface area (Å²) in [7, 11) is -0.646. The first kappa shape index (κ1) is 62.7. The number of hydrogen-bond acceptors (Lipinski definition) is 9. The standard InChI is InChI=1S/C52H100NO10P/c1-8-12-16-20-24-28-32-36-40-47(56)51(53(5,6)7,48(57)41-37-33-29-25-21-17-13-9-2)52(63-64(60,61)62-45-46(55)44-54,49(58)42-38-34-30-26-22-18-14-10-3)50(59)43-39-35-31-27-23-19-15-11-4/h46,54-55H,8-45H2,1-7H3/p+1. The summed E-state index contributed by atoms with van der Waals surface area (Å²) in [6, 6.07) is 0. The van der Waals surface area contributed by atoms with Crippen LogP contribution in [-0.4, -0.2) is 94.3 Å². The van der Waals surface area contributed by atoms with Gasteiger partial charge in [-0.15, -0.1) is 0 Å². The van der Waals surface area contributed by atoms with Gasteiger partial charge in [0.2, 0.25) is 11.6 Å². The number of hydrogen-bond donors (Lipinski definition) is 3. The van der Waals surface area contributed by atoms with Gasteiger partial charge in [-0.25, -0.2) is 4.57 Å². The van der Waals surface area contributed by atoms with Crippen molar-refractivity contribution in [1.82, 2.24) is 0 Å². The van der Waals surface area contributed by atoms with E-state index in [1.807, 2.05) is 0 Å². The van der Waals surface area contributed by atoms with Gasteiger partial charge >= 0.3 is 7.82 Å². The lowest BCUT2D eigenvalue weighted by atomic mass is 9.63. The van der Waals surface area contributed by atoms with Crippen molar-refractivity contribution < 1.29 is 52.4 Å². The zero-order valence-corrected chi connectivity index (χ0v) is 43.4. The predicted octanol–water partition coefficient (Wildman–Crippen LogP) is 13.1. The molecule has 0 radical (unpaired) electrons. The van der Waals surface area contributed by atoms with Crippen molar-refractivity contribution >= 4 is 31.0 Å². The third-order valence-electron chi connectivity index (χ3n) is 13.0. The van der Waals surface area contributed by atoms with Crippen molar-refractivity contribution in [3.05, 3.63) is 0 Å². The molecular weight excluding hydrogens is 830 g/mol. The molecule has 0 amide bonds. The minimum atomic E-state index is -5.48. The molecule has 2 atom stereocenters. The molecule has 12 heteroatoms. The summed E-state index contributed by atoms with van der Waals surface area (Å²) in [5, 5.41) is 19.7. The topological polar surface area (TPSA) is 164 Å². The molecule has 64 heavy (non-hydrogen) atoms. The highest BCUT2D eigenvalue weighted by Gasteiger charge is 2.77. The summed E-state index contributed by atoms with van der Waals surface area (Å²) in [5.41, 5.74) is -5.50. The van der Waals surface area contributed by atoms with Crippen LogP contribution in [-0.2, 0) is 32.8 Å². The Kier molecular flexibility index (Phi) is 36.8. The fourth-order valence-electron chi connectivity index (χ4n) is 9.32. The van der Waals surface area contributed by atoms with E-state index in [0.717, 1.165) is 141 Å². The Morgan fingerprint density at radius 1 is 0.469 bits per heavy atom. The van der Waals surface area contributed by atoms with Gasteiger partial charge in [-0.2, -0.15) is 0 Å². The molecule has 0 spiro atoms. The number of likely N-dealkylation sites (N-methyl/N-ethyl adjacent to an activating group) is 1. The van der Waals surface area contributed by atoms with E-state index in [9.17, 15) is 19.7 Å². The number of unbranched alkanes of at least 4 members (excludes halogenated alkanes) is 28. The van der Waals surface area contributed by atoms with Gasteiger partial charge in [0, 0.05) is 25.7 Å². The molecule has 0 fully saturated rings. The average molecular weight is 931 g/mol. The van der Waals surface area contributed by atoms with Crippen LogP contribution in [0.25, 0.3) is 0 Å². The Balaban J connectivity index is 7.56. The van der Waals surface area contributed by atoms with E-state index in [0.29, 0.717) is 51.4 Å². The lowest BCUT2D eigenvalue weighted by Gasteiger charge is -2.52. The summed E-state index contributed by atoms with van der Waals surface area (Å²) < 4.78 is 25.1. The number of quaternary nitrogens is 1. The number of aliphatic hydroxyl groups excluding tert-OH is 2. The summed E-state index contributed by atoms with van der Waals surface area (Å²) in [6.45, 7) is 7.06. The molecule has 2 unspecified atom stereocenters. The molecule has 3 N–H and O–H groups in total. The van der Waals surface area contributed by atoms with Crippen LogP contribution in [0.15, 0.2) is 0 Å². The lowest BCUT2D eigenvalue weighted by Crippen LogP contribution is -2.82. The normalized spacial score (nSPS) is 13.8. The molecule has 0 aromatic heterocycles. The summed E-state index contributed by atoms with van der Waals surface area (Å²) >= 11 is 0. The number of nitrogens with zero attached hydrogens (tertiary/aromatic N) is 1. The largest absolute Gasteiger partial charge is 0.473 e. The van der Waals surface area contributed by atoms with E-state index in [1.54, 1.807) is 21.1 Å². The smallest absolute Gasteiger partial charge is 0.394 e. The summed E-state index contributed by atoms with van der Waals surface area (Å²) in [5.74, 6) is -2.99. The van der Waals surface area contributed by atoms with Crippen LogP contribution < -0.4 is 0 Å². The third-order valence-corrected chi connectivity index (χ3v) is 14.0. The van der Waals surface area contributed by atoms with E-state index in [1.165, 1.54) is 12.8 Å².